The Morgan fingerprint density at radius 3 is 1.95 bits per heavy atom. The summed E-state index contributed by atoms with van der Waals surface area (Å²) < 4.78 is 0. The number of hydrogen-bond donors (Lipinski definition) is 3. The van der Waals surface area contributed by atoms with E-state index in [4.69, 9.17) is 0 Å². The molecule has 20 heavy (non-hydrogen) atoms. The maximum Gasteiger partial charge on any atom is 0.211 e. The summed E-state index contributed by atoms with van der Waals surface area (Å²) in [6.07, 6.45) is -1.57. The van der Waals surface area contributed by atoms with Gasteiger partial charge in [-0.2, -0.15) is 0 Å². The third kappa shape index (κ3) is 2.43. The van der Waals surface area contributed by atoms with Crippen LogP contribution in [0.2, 0.25) is 0 Å². The molecule has 4 nitrogen and oxygen atoms in total. The number of aliphatic imine (C=N–C) groups is 1. The lowest BCUT2D eigenvalue weighted by molar-refractivity contribution is 0.0171. The molecule has 0 aromatic heterocycles. The van der Waals surface area contributed by atoms with Crippen LogP contribution in [0.5, 0.6) is 0 Å². The molecule has 4 heteroatoms. The molecule has 3 rings (SSSR count). The number of hydrogen-bond acceptors (Lipinski definition) is 4. The Hall–Kier alpha value is -2.17. The summed E-state index contributed by atoms with van der Waals surface area (Å²) in [5.41, 5.74) is 2.12. The lowest BCUT2D eigenvalue weighted by Crippen LogP contribution is -2.33. The van der Waals surface area contributed by atoms with Crippen molar-refractivity contribution in [2.24, 2.45) is 4.99 Å². The van der Waals surface area contributed by atoms with E-state index < -0.39 is 6.29 Å². The van der Waals surface area contributed by atoms with Gasteiger partial charge in [0.15, 0.2) is 5.84 Å². The van der Waals surface area contributed by atoms with E-state index in [1.807, 2.05) is 60.7 Å². The van der Waals surface area contributed by atoms with E-state index in [-0.39, 0.29) is 17.9 Å². The fraction of sp³-hybridized carbons (Fsp3) is 0.188. The minimum atomic E-state index is -1.57. The van der Waals surface area contributed by atoms with E-state index in [9.17, 15) is 10.2 Å². The van der Waals surface area contributed by atoms with E-state index in [0.29, 0.717) is 0 Å². The first-order valence-corrected chi connectivity index (χ1v) is 6.56. The predicted octanol–water partition coefficient (Wildman–Crippen LogP) is 1.78. The van der Waals surface area contributed by atoms with Crippen LogP contribution in [0.3, 0.4) is 0 Å². The van der Waals surface area contributed by atoms with Crippen LogP contribution in [0.15, 0.2) is 65.7 Å². The number of rotatable bonds is 3. The molecule has 0 radical (unpaired) electrons. The molecule has 0 saturated heterocycles. The first-order chi connectivity index (χ1) is 9.75. The van der Waals surface area contributed by atoms with Gasteiger partial charge in [0.1, 0.15) is 6.04 Å². The smallest absolute Gasteiger partial charge is 0.211 e. The maximum atomic E-state index is 9.34. The van der Waals surface area contributed by atoms with Crippen molar-refractivity contribution in [1.82, 2.24) is 5.32 Å². The van der Waals surface area contributed by atoms with Crippen LogP contribution >= 0.6 is 0 Å². The molecule has 1 aliphatic heterocycles. The molecule has 0 aliphatic carbocycles. The summed E-state index contributed by atoms with van der Waals surface area (Å²) in [5.74, 6) is 0.215. The standard InChI is InChI=1S/C16H16N2O2/c19-16(20)15-17-13(11-7-3-1-4-8-11)14(18-15)12-9-5-2-6-10-12/h1-10,13-14,16,19-20H,(H,17,18)/t13-,14-/m1/s1. The van der Waals surface area contributed by atoms with Gasteiger partial charge >= 0.3 is 0 Å². The van der Waals surface area contributed by atoms with Crippen LogP contribution in [-0.2, 0) is 0 Å². The third-order valence-corrected chi connectivity index (χ3v) is 3.44. The number of aliphatic hydroxyl groups excluding tert-OH is 1. The number of nitrogens with zero attached hydrogens (tertiary/aromatic N) is 1. The van der Waals surface area contributed by atoms with Crippen LogP contribution < -0.4 is 5.32 Å². The molecule has 0 amide bonds. The van der Waals surface area contributed by atoms with Gasteiger partial charge in [-0.05, 0) is 11.1 Å². The summed E-state index contributed by atoms with van der Waals surface area (Å²) in [4.78, 5) is 4.42. The largest absolute Gasteiger partial charge is 0.362 e. The molecule has 102 valence electrons. The fourth-order valence-corrected chi connectivity index (χ4v) is 2.48. The van der Waals surface area contributed by atoms with Gasteiger partial charge in [-0.1, -0.05) is 60.7 Å². The van der Waals surface area contributed by atoms with Crippen molar-refractivity contribution in [3.05, 3.63) is 71.8 Å². The zero-order valence-corrected chi connectivity index (χ0v) is 10.8. The van der Waals surface area contributed by atoms with Crippen molar-refractivity contribution in [3.8, 4) is 0 Å². The van der Waals surface area contributed by atoms with Crippen molar-refractivity contribution in [1.29, 1.82) is 0 Å². The molecule has 1 heterocycles. The van der Waals surface area contributed by atoms with Crippen LogP contribution in [0.1, 0.15) is 23.2 Å². The molecule has 0 bridgehead atoms. The SMILES string of the molecule is OC(O)C1=N[C@H](c2ccccc2)[C@@H](c2ccccc2)N1. The molecule has 1 aliphatic rings. The van der Waals surface area contributed by atoms with Gasteiger partial charge in [-0.25, -0.2) is 0 Å². The maximum absolute atomic E-state index is 9.34. The summed E-state index contributed by atoms with van der Waals surface area (Å²) in [5, 5.41) is 21.8. The summed E-state index contributed by atoms with van der Waals surface area (Å²) in [6.45, 7) is 0. The molecule has 0 fully saturated rings. The quantitative estimate of drug-likeness (QED) is 0.743. The lowest BCUT2D eigenvalue weighted by atomic mass is 9.95. The van der Waals surface area contributed by atoms with Gasteiger partial charge in [0.25, 0.3) is 0 Å². The van der Waals surface area contributed by atoms with E-state index in [1.54, 1.807) is 0 Å². The second-order valence-corrected chi connectivity index (χ2v) is 4.78. The van der Waals surface area contributed by atoms with Crippen molar-refractivity contribution < 1.29 is 10.2 Å². The minimum absolute atomic E-state index is 0.0876. The fourth-order valence-electron chi connectivity index (χ4n) is 2.48. The zero-order chi connectivity index (χ0) is 13.9. The predicted molar refractivity (Wildman–Crippen MR) is 77.2 cm³/mol. The summed E-state index contributed by atoms with van der Waals surface area (Å²) >= 11 is 0. The van der Waals surface area contributed by atoms with E-state index >= 15 is 0 Å². The highest BCUT2D eigenvalue weighted by atomic mass is 16.5. The average molecular weight is 268 g/mol. The molecule has 0 spiro atoms. The highest BCUT2D eigenvalue weighted by Gasteiger charge is 2.32. The van der Waals surface area contributed by atoms with Gasteiger partial charge in [0.2, 0.25) is 6.29 Å². The number of benzene rings is 2. The third-order valence-electron chi connectivity index (χ3n) is 3.44. The van der Waals surface area contributed by atoms with Crippen molar-refractivity contribution in [2.75, 3.05) is 0 Å². The Kier molecular flexibility index (Phi) is 3.50. The summed E-state index contributed by atoms with van der Waals surface area (Å²) in [6, 6.07) is 19.5. The number of aliphatic hydroxyl groups is 2. The lowest BCUT2D eigenvalue weighted by Gasteiger charge is -2.19. The Morgan fingerprint density at radius 1 is 0.850 bits per heavy atom. The molecular weight excluding hydrogens is 252 g/mol. The highest BCUT2D eigenvalue weighted by Crippen LogP contribution is 2.36. The Labute approximate surface area is 117 Å². The second kappa shape index (κ2) is 5.45. The van der Waals surface area contributed by atoms with Crippen LogP contribution in [0.25, 0.3) is 0 Å². The zero-order valence-electron chi connectivity index (χ0n) is 10.8. The van der Waals surface area contributed by atoms with Crippen LogP contribution in [0, 0.1) is 0 Å². The van der Waals surface area contributed by atoms with Crippen molar-refractivity contribution in [3.63, 3.8) is 0 Å². The van der Waals surface area contributed by atoms with Crippen LogP contribution in [-0.4, -0.2) is 22.3 Å². The molecule has 2 atom stereocenters. The Balaban J connectivity index is 1.98. The van der Waals surface area contributed by atoms with E-state index in [2.05, 4.69) is 10.3 Å². The van der Waals surface area contributed by atoms with Gasteiger partial charge < -0.3 is 15.5 Å². The Bertz CT molecular complexity index is 596. The monoisotopic (exact) mass is 268 g/mol. The first kappa shape index (κ1) is 12.8. The number of nitrogens with one attached hydrogen (secondary N) is 1. The molecule has 0 unspecified atom stereocenters. The van der Waals surface area contributed by atoms with Crippen LogP contribution in [0.4, 0.5) is 0 Å². The molecule has 0 saturated carbocycles. The topological polar surface area (TPSA) is 64.8 Å². The molecule has 2 aromatic carbocycles. The molecular formula is C16H16N2O2. The average Bonchev–Trinajstić information content (AvgIpc) is 2.94. The first-order valence-electron chi connectivity index (χ1n) is 6.56. The minimum Gasteiger partial charge on any atom is -0.362 e. The van der Waals surface area contributed by atoms with Crippen molar-refractivity contribution >= 4 is 5.84 Å². The van der Waals surface area contributed by atoms with Gasteiger partial charge in [0.05, 0.1) is 6.04 Å². The van der Waals surface area contributed by atoms with Gasteiger partial charge in [-0.15, -0.1) is 0 Å². The normalized spacial score (nSPS) is 21.6. The van der Waals surface area contributed by atoms with E-state index in [0.717, 1.165) is 11.1 Å². The highest BCUT2D eigenvalue weighted by molar-refractivity contribution is 5.87. The summed E-state index contributed by atoms with van der Waals surface area (Å²) in [7, 11) is 0. The molecule has 2 aromatic rings. The second-order valence-electron chi connectivity index (χ2n) is 4.78. The number of amidine groups is 1. The van der Waals surface area contributed by atoms with Gasteiger partial charge in [0, 0.05) is 0 Å². The van der Waals surface area contributed by atoms with E-state index in [1.165, 1.54) is 0 Å². The van der Waals surface area contributed by atoms with Gasteiger partial charge in [-0.3, -0.25) is 4.99 Å². The van der Waals surface area contributed by atoms with Crippen molar-refractivity contribution in [2.45, 2.75) is 18.4 Å². The Morgan fingerprint density at radius 2 is 1.40 bits per heavy atom. The molecule has 3 N–H and O–H groups in total.